The quantitative estimate of drug-likeness (QED) is 0.848. The van der Waals surface area contributed by atoms with Crippen molar-refractivity contribution in [3.63, 3.8) is 0 Å². The smallest absolute Gasteiger partial charge is 0.124 e. The molecular formula is C15H15NO. The Kier molecular flexibility index (Phi) is 2.37. The van der Waals surface area contributed by atoms with E-state index in [4.69, 9.17) is 0 Å². The van der Waals surface area contributed by atoms with Gasteiger partial charge in [0.2, 0.25) is 0 Å². The molecule has 3 rings (SSSR count). The van der Waals surface area contributed by atoms with Gasteiger partial charge in [-0.05, 0) is 17.7 Å². The largest absolute Gasteiger partial charge is 0.381 e. The van der Waals surface area contributed by atoms with Gasteiger partial charge >= 0.3 is 0 Å². The van der Waals surface area contributed by atoms with E-state index >= 15 is 0 Å². The van der Waals surface area contributed by atoms with E-state index in [1.165, 1.54) is 5.69 Å². The summed E-state index contributed by atoms with van der Waals surface area (Å²) in [4.78, 5) is 2.19. The number of hydrogen-bond acceptors (Lipinski definition) is 2. The highest BCUT2D eigenvalue weighted by atomic mass is 16.3. The van der Waals surface area contributed by atoms with Gasteiger partial charge in [0.15, 0.2) is 0 Å². The van der Waals surface area contributed by atoms with Crippen molar-refractivity contribution in [3.05, 3.63) is 66.2 Å². The molecule has 1 aliphatic rings. The SMILES string of the molecule is OC1(c2ccccc2)CN(c2ccccc2)C1. The molecule has 0 atom stereocenters. The van der Waals surface area contributed by atoms with Crippen LogP contribution >= 0.6 is 0 Å². The molecule has 2 nitrogen and oxygen atoms in total. The van der Waals surface area contributed by atoms with Gasteiger partial charge in [0, 0.05) is 5.69 Å². The van der Waals surface area contributed by atoms with E-state index in [9.17, 15) is 5.11 Å². The second-order valence-electron chi connectivity index (χ2n) is 4.59. The molecule has 17 heavy (non-hydrogen) atoms. The molecule has 86 valence electrons. The average Bonchev–Trinajstić information content (AvgIpc) is 2.37. The van der Waals surface area contributed by atoms with Crippen molar-refractivity contribution in [1.29, 1.82) is 0 Å². The summed E-state index contributed by atoms with van der Waals surface area (Å²) in [7, 11) is 0. The first kappa shape index (κ1) is 10.4. The van der Waals surface area contributed by atoms with Crippen LogP contribution in [0.3, 0.4) is 0 Å². The number of hydrogen-bond donors (Lipinski definition) is 1. The highest BCUT2D eigenvalue weighted by molar-refractivity contribution is 5.51. The fourth-order valence-corrected chi connectivity index (χ4v) is 2.34. The molecule has 0 spiro atoms. The van der Waals surface area contributed by atoms with Crippen molar-refractivity contribution in [3.8, 4) is 0 Å². The van der Waals surface area contributed by atoms with Gasteiger partial charge in [0.25, 0.3) is 0 Å². The van der Waals surface area contributed by atoms with E-state index in [2.05, 4.69) is 17.0 Å². The molecule has 0 aromatic heterocycles. The summed E-state index contributed by atoms with van der Waals surface area (Å²) in [5.41, 5.74) is 1.50. The van der Waals surface area contributed by atoms with Crippen molar-refractivity contribution < 1.29 is 5.11 Å². The summed E-state index contributed by atoms with van der Waals surface area (Å²) >= 11 is 0. The zero-order valence-corrected chi connectivity index (χ0v) is 9.58. The van der Waals surface area contributed by atoms with Crippen molar-refractivity contribution >= 4 is 5.69 Å². The predicted octanol–water partition coefficient (Wildman–Crippen LogP) is 2.39. The molecule has 1 N–H and O–H groups in total. The number of β-amino-alcohol motifs (C(OH)–C–C–N with tert-alkyl or cyclic N) is 1. The lowest BCUT2D eigenvalue weighted by Crippen LogP contribution is -2.59. The fraction of sp³-hybridized carbons (Fsp3) is 0.200. The Bertz CT molecular complexity index is 489. The Hall–Kier alpha value is -1.80. The molecule has 0 aliphatic carbocycles. The molecule has 1 saturated heterocycles. The molecule has 0 bridgehead atoms. The Balaban J connectivity index is 1.76. The van der Waals surface area contributed by atoms with Crippen LogP contribution < -0.4 is 4.90 Å². The summed E-state index contributed by atoms with van der Waals surface area (Å²) in [6.07, 6.45) is 0. The highest BCUT2D eigenvalue weighted by Gasteiger charge is 2.42. The molecule has 0 radical (unpaired) electrons. The van der Waals surface area contributed by atoms with Crippen LogP contribution in [-0.4, -0.2) is 18.2 Å². The maximum atomic E-state index is 10.5. The number of anilines is 1. The molecule has 1 heterocycles. The van der Waals surface area contributed by atoms with Gasteiger partial charge < -0.3 is 10.0 Å². The van der Waals surface area contributed by atoms with Gasteiger partial charge in [-0.25, -0.2) is 0 Å². The van der Waals surface area contributed by atoms with E-state index in [1.807, 2.05) is 48.5 Å². The minimum Gasteiger partial charge on any atom is -0.381 e. The first-order chi connectivity index (χ1) is 8.28. The van der Waals surface area contributed by atoms with Crippen LogP contribution in [0.15, 0.2) is 60.7 Å². The van der Waals surface area contributed by atoms with Gasteiger partial charge in [-0.3, -0.25) is 0 Å². The molecule has 2 aromatic carbocycles. The number of rotatable bonds is 2. The third kappa shape index (κ3) is 1.81. The second-order valence-corrected chi connectivity index (χ2v) is 4.59. The van der Waals surface area contributed by atoms with E-state index in [0.29, 0.717) is 13.1 Å². The summed E-state index contributed by atoms with van der Waals surface area (Å²) < 4.78 is 0. The zero-order chi connectivity index (χ0) is 11.7. The van der Waals surface area contributed by atoms with E-state index in [-0.39, 0.29) is 0 Å². The molecule has 1 fully saturated rings. The third-order valence-electron chi connectivity index (χ3n) is 3.34. The molecular weight excluding hydrogens is 210 g/mol. The molecule has 0 amide bonds. The third-order valence-corrected chi connectivity index (χ3v) is 3.34. The van der Waals surface area contributed by atoms with E-state index in [1.54, 1.807) is 0 Å². The zero-order valence-electron chi connectivity index (χ0n) is 9.58. The van der Waals surface area contributed by atoms with Gasteiger partial charge in [0.05, 0.1) is 13.1 Å². The number of benzene rings is 2. The summed E-state index contributed by atoms with van der Waals surface area (Å²) in [5.74, 6) is 0. The Morgan fingerprint density at radius 2 is 1.35 bits per heavy atom. The summed E-state index contributed by atoms with van der Waals surface area (Å²) in [5, 5.41) is 10.5. The minimum absolute atomic E-state index is 0.668. The van der Waals surface area contributed by atoms with Crippen molar-refractivity contribution in [2.45, 2.75) is 5.60 Å². The lowest BCUT2D eigenvalue weighted by Gasteiger charge is -2.48. The van der Waals surface area contributed by atoms with Gasteiger partial charge in [-0.15, -0.1) is 0 Å². The molecule has 0 saturated carbocycles. The van der Waals surface area contributed by atoms with Crippen LogP contribution in [0, 0.1) is 0 Å². The van der Waals surface area contributed by atoms with Gasteiger partial charge in [-0.1, -0.05) is 48.5 Å². The maximum Gasteiger partial charge on any atom is 0.124 e. The van der Waals surface area contributed by atoms with Crippen molar-refractivity contribution in [2.24, 2.45) is 0 Å². The first-order valence-electron chi connectivity index (χ1n) is 5.86. The molecule has 1 aliphatic heterocycles. The first-order valence-corrected chi connectivity index (χ1v) is 5.86. The van der Waals surface area contributed by atoms with E-state index in [0.717, 1.165) is 5.56 Å². The Labute approximate surface area is 101 Å². The molecule has 2 heteroatoms. The minimum atomic E-state index is -0.683. The second kappa shape index (κ2) is 3.90. The van der Waals surface area contributed by atoms with Crippen LogP contribution in [-0.2, 0) is 5.60 Å². The highest BCUT2D eigenvalue weighted by Crippen LogP contribution is 2.34. The summed E-state index contributed by atoms with van der Waals surface area (Å²) in [6, 6.07) is 20.1. The van der Waals surface area contributed by atoms with Crippen LogP contribution in [0.4, 0.5) is 5.69 Å². The Morgan fingerprint density at radius 3 is 1.94 bits per heavy atom. The lowest BCUT2D eigenvalue weighted by molar-refractivity contribution is 0.00755. The lowest BCUT2D eigenvalue weighted by atomic mass is 9.86. The predicted molar refractivity (Wildman–Crippen MR) is 69.0 cm³/mol. The summed E-state index contributed by atoms with van der Waals surface area (Å²) in [6.45, 7) is 1.34. The molecule has 0 unspecified atom stereocenters. The fourth-order valence-electron chi connectivity index (χ4n) is 2.34. The normalized spacial score (nSPS) is 17.6. The molecule has 2 aromatic rings. The topological polar surface area (TPSA) is 23.5 Å². The maximum absolute atomic E-state index is 10.5. The van der Waals surface area contributed by atoms with Crippen LogP contribution in [0.5, 0.6) is 0 Å². The monoisotopic (exact) mass is 225 g/mol. The van der Waals surface area contributed by atoms with E-state index < -0.39 is 5.60 Å². The van der Waals surface area contributed by atoms with Gasteiger partial charge in [0.1, 0.15) is 5.60 Å². The average molecular weight is 225 g/mol. The van der Waals surface area contributed by atoms with Crippen LogP contribution in [0.1, 0.15) is 5.56 Å². The standard InChI is InChI=1S/C15H15NO/c17-15(13-7-3-1-4-8-13)11-16(12-15)14-9-5-2-6-10-14/h1-10,17H,11-12H2. The van der Waals surface area contributed by atoms with Crippen molar-refractivity contribution in [1.82, 2.24) is 0 Å². The van der Waals surface area contributed by atoms with Gasteiger partial charge in [-0.2, -0.15) is 0 Å². The Morgan fingerprint density at radius 1 is 0.824 bits per heavy atom. The number of aliphatic hydroxyl groups is 1. The van der Waals surface area contributed by atoms with Crippen LogP contribution in [0.2, 0.25) is 0 Å². The number of para-hydroxylation sites is 1. The number of nitrogens with zero attached hydrogens (tertiary/aromatic N) is 1. The van der Waals surface area contributed by atoms with Crippen LogP contribution in [0.25, 0.3) is 0 Å². The van der Waals surface area contributed by atoms with Crippen molar-refractivity contribution in [2.75, 3.05) is 18.0 Å².